The summed E-state index contributed by atoms with van der Waals surface area (Å²) in [5.41, 5.74) is 0.650. The number of hydrogen-bond donors (Lipinski definition) is 1. The topological polar surface area (TPSA) is 104 Å². The van der Waals surface area contributed by atoms with Crippen LogP contribution in [0.3, 0.4) is 0 Å². The summed E-state index contributed by atoms with van der Waals surface area (Å²) >= 11 is 0. The lowest BCUT2D eigenvalue weighted by molar-refractivity contribution is 0.0519. The average molecular weight is 444 g/mol. The van der Waals surface area contributed by atoms with Crippen molar-refractivity contribution in [3.05, 3.63) is 53.6 Å². The number of aromatic nitrogens is 3. The van der Waals surface area contributed by atoms with Gasteiger partial charge < -0.3 is 19.5 Å². The Morgan fingerprint density at radius 3 is 2.78 bits per heavy atom. The zero-order valence-electron chi connectivity index (χ0n) is 18.3. The molecule has 0 bridgehead atoms. The molecule has 0 spiro atoms. The van der Waals surface area contributed by atoms with Crippen molar-refractivity contribution in [2.45, 2.75) is 39.4 Å². The number of halogens is 1. The maximum absolute atomic E-state index is 13.9. The third-order valence-electron chi connectivity index (χ3n) is 4.22. The van der Waals surface area contributed by atoms with Crippen molar-refractivity contribution in [1.29, 1.82) is 0 Å². The van der Waals surface area contributed by atoms with Crippen molar-refractivity contribution in [2.75, 3.05) is 13.2 Å². The lowest BCUT2D eigenvalue weighted by Gasteiger charge is -2.20. The molecule has 9 nitrogen and oxygen atoms in total. The van der Waals surface area contributed by atoms with Crippen molar-refractivity contribution < 1.29 is 28.2 Å². The standard InChI is InChI=1S/C22H25FN4O5/c1-14(31-20-8-7-19-25-12-16(13-28)27(19)26-20)17-11-15(23)5-6-18(17)30-10-9-24-21(29)32-22(2,3)4/h5-8,11-14H,9-10H2,1-4H3,(H,24,29). The van der Waals surface area contributed by atoms with Gasteiger partial charge in [0.1, 0.15) is 35.6 Å². The van der Waals surface area contributed by atoms with Gasteiger partial charge in [-0.3, -0.25) is 4.79 Å². The molecule has 170 valence electrons. The third-order valence-corrected chi connectivity index (χ3v) is 4.22. The zero-order valence-corrected chi connectivity index (χ0v) is 18.3. The molecule has 0 saturated heterocycles. The van der Waals surface area contributed by atoms with E-state index in [2.05, 4.69) is 15.4 Å². The Morgan fingerprint density at radius 2 is 2.06 bits per heavy atom. The SMILES string of the molecule is CC(Oc1ccc2ncc(C=O)n2n1)c1cc(F)ccc1OCCNC(=O)OC(C)(C)C. The maximum atomic E-state index is 13.9. The van der Waals surface area contributed by atoms with Gasteiger partial charge in [-0.15, -0.1) is 5.10 Å². The number of alkyl carbamates (subject to hydrolysis) is 1. The Bertz CT molecular complexity index is 1110. The molecule has 32 heavy (non-hydrogen) atoms. The molecule has 1 N–H and O–H groups in total. The summed E-state index contributed by atoms with van der Waals surface area (Å²) in [6.45, 7) is 7.39. The summed E-state index contributed by atoms with van der Waals surface area (Å²) in [6, 6.07) is 7.35. The van der Waals surface area contributed by atoms with Gasteiger partial charge in [-0.2, -0.15) is 0 Å². The van der Waals surface area contributed by atoms with E-state index >= 15 is 0 Å². The fourth-order valence-corrected chi connectivity index (χ4v) is 2.86. The number of fused-ring (bicyclic) bond motifs is 1. The Hall–Kier alpha value is -3.69. The number of carbonyl (C=O) groups is 2. The van der Waals surface area contributed by atoms with Gasteiger partial charge in [0, 0.05) is 11.6 Å². The van der Waals surface area contributed by atoms with Gasteiger partial charge in [0.15, 0.2) is 11.9 Å². The minimum Gasteiger partial charge on any atom is -0.491 e. The van der Waals surface area contributed by atoms with Crippen molar-refractivity contribution in [2.24, 2.45) is 0 Å². The monoisotopic (exact) mass is 444 g/mol. The van der Waals surface area contributed by atoms with Crippen LogP contribution in [-0.2, 0) is 4.74 Å². The first-order valence-electron chi connectivity index (χ1n) is 10.0. The molecule has 3 aromatic rings. The fraction of sp³-hybridized carbons (Fsp3) is 0.364. The first-order valence-corrected chi connectivity index (χ1v) is 10.0. The minimum atomic E-state index is -0.618. The highest BCUT2D eigenvalue weighted by Gasteiger charge is 2.18. The number of nitrogens with one attached hydrogen (secondary N) is 1. The highest BCUT2D eigenvalue weighted by Crippen LogP contribution is 2.29. The van der Waals surface area contributed by atoms with Crippen molar-refractivity contribution in [1.82, 2.24) is 19.9 Å². The molecule has 2 aromatic heterocycles. The normalized spacial score (nSPS) is 12.3. The van der Waals surface area contributed by atoms with Crippen LogP contribution >= 0.6 is 0 Å². The lowest BCUT2D eigenvalue weighted by Crippen LogP contribution is -2.34. The molecule has 1 atom stereocenters. The van der Waals surface area contributed by atoms with Crippen LogP contribution in [0.1, 0.15) is 49.9 Å². The first kappa shape index (κ1) is 23.0. The van der Waals surface area contributed by atoms with Gasteiger partial charge in [-0.05, 0) is 52.0 Å². The van der Waals surface area contributed by atoms with E-state index in [1.165, 1.54) is 28.9 Å². The van der Waals surface area contributed by atoms with E-state index < -0.39 is 23.6 Å². The van der Waals surface area contributed by atoms with Gasteiger partial charge in [-0.25, -0.2) is 18.7 Å². The van der Waals surface area contributed by atoms with E-state index in [-0.39, 0.29) is 24.7 Å². The molecule has 0 fully saturated rings. The first-order chi connectivity index (χ1) is 15.2. The number of nitrogens with zero attached hydrogens (tertiary/aromatic N) is 3. The molecule has 3 rings (SSSR count). The highest BCUT2D eigenvalue weighted by molar-refractivity contribution is 5.73. The number of aldehydes is 1. The van der Waals surface area contributed by atoms with Crippen LogP contribution in [0.5, 0.6) is 11.6 Å². The van der Waals surface area contributed by atoms with Crippen LogP contribution in [0.4, 0.5) is 9.18 Å². The summed E-state index contributed by atoms with van der Waals surface area (Å²) in [5, 5.41) is 6.85. The zero-order chi connectivity index (χ0) is 23.3. The lowest BCUT2D eigenvalue weighted by atomic mass is 10.1. The van der Waals surface area contributed by atoms with Crippen LogP contribution in [0.25, 0.3) is 5.65 Å². The fourth-order valence-electron chi connectivity index (χ4n) is 2.86. The van der Waals surface area contributed by atoms with Crippen LogP contribution in [-0.4, -0.2) is 45.7 Å². The van der Waals surface area contributed by atoms with E-state index in [0.29, 0.717) is 23.2 Å². The summed E-state index contributed by atoms with van der Waals surface area (Å²) in [5.74, 6) is 0.186. The van der Waals surface area contributed by atoms with E-state index in [9.17, 15) is 14.0 Å². The molecule has 0 saturated carbocycles. The van der Waals surface area contributed by atoms with Crippen molar-refractivity contribution in [3.63, 3.8) is 0 Å². The van der Waals surface area contributed by atoms with E-state index in [0.717, 1.165) is 0 Å². The van der Waals surface area contributed by atoms with E-state index in [1.807, 2.05) is 0 Å². The molecule has 0 aliphatic carbocycles. The van der Waals surface area contributed by atoms with Gasteiger partial charge >= 0.3 is 6.09 Å². The maximum Gasteiger partial charge on any atom is 0.407 e. The summed E-state index contributed by atoms with van der Waals surface area (Å²) in [7, 11) is 0. The average Bonchev–Trinajstić information content (AvgIpc) is 3.13. The summed E-state index contributed by atoms with van der Waals surface area (Å²) in [6.07, 6.45) is 0.886. The number of rotatable bonds is 8. The molecule has 0 radical (unpaired) electrons. The highest BCUT2D eigenvalue weighted by atomic mass is 19.1. The second-order valence-electron chi connectivity index (χ2n) is 7.96. The molecule has 0 aliphatic heterocycles. The number of imidazole rings is 1. The number of ether oxygens (including phenoxy) is 3. The van der Waals surface area contributed by atoms with Gasteiger partial charge in [0.25, 0.3) is 0 Å². The number of hydrogen-bond acceptors (Lipinski definition) is 7. The molecular weight excluding hydrogens is 419 g/mol. The third kappa shape index (κ3) is 5.93. The van der Waals surface area contributed by atoms with Gasteiger partial charge in [0.05, 0.1) is 12.7 Å². The Morgan fingerprint density at radius 1 is 1.28 bits per heavy atom. The molecule has 1 unspecified atom stereocenters. The van der Waals surface area contributed by atoms with Crippen molar-refractivity contribution in [3.8, 4) is 11.6 Å². The van der Waals surface area contributed by atoms with Gasteiger partial charge in [0.2, 0.25) is 5.88 Å². The Labute approximate surface area is 184 Å². The number of carbonyl (C=O) groups excluding carboxylic acids is 2. The molecule has 1 amide bonds. The molecule has 0 aliphatic rings. The quantitative estimate of drug-likeness (QED) is 0.417. The molecular formula is C22H25FN4O5. The predicted molar refractivity (Wildman–Crippen MR) is 114 cm³/mol. The van der Waals surface area contributed by atoms with E-state index in [1.54, 1.807) is 39.8 Å². The molecule has 1 aromatic carbocycles. The largest absolute Gasteiger partial charge is 0.491 e. The van der Waals surface area contributed by atoms with Crippen LogP contribution in [0.2, 0.25) is 0 Å². The number of benzene rings is 1. The van der Waals surface area contributed by atoms with Crippen molar-refractivity contribution >= 4 is 18.0 Å². The van der Waals surface area contributed by atoms with Crippen LogP contribution in [0.15, 0.2) is 36.5 Å². The summed E-state index contributed by atoms with van der Waals surface area (Å²) in [4.78, 5) is 26.9. The second kappa shape index (κ2) is 9.63. The van der Waals surface area contributed by atoms with Gasteiger partial charge in [-0.1, -0.05) is 0 Å². The number of amides is 1. The Balaban J connectivity index is 1.66. The molecule has 10 heteroatoms. The second-order valence-corrected chi connectivity index (χ2v) is 7.96. The Kier molecular flexibility index (Phi) is 6.92. The predicted octanol–water partition coefficient (Wildman–Crippen LogP) is 3.72. The van der Waals surface area contributed by atoms with Crippen LogP contribution in [0, 0.1) is 5.82 Å². The summed E-state index contributed by atoms with van der Waals surface area (Å²) < 4.78 is 32.0. The smallest absolute Gasteiger partial charge is 0.407 e. The van der Waals surface area contributed by atoms with E-state index in [4.69, 9.17) is 14.2 Å². The van der Waals surface area contributed by atoms with Crippen LogP contribution < -0.4 is 14.8 Å². The minimum absolute atomic E-state index is 0.145. The molecule has 2 heterocycles.